The first-order valence-corrected chi connectivity index (χ1v) is 5.07. The maximum atomic E-state index is 11.4. The van der Waals surface area contributed by atoms with Gasteiger partial charge in [0.2, 0.25) is 5.91 Å². The topological polar surface area (TPSA) is 84.1 Å². The van der Waals surface area contributed by atoms with Crippen LogP contribution in [0.15, 0.2) is 6.20 Å². The maximum Gasteiger partial charge on any atom is 0.343 e. The molecule has 0 aliphatic rings. The number of rotatable bonds is 4. The van der Waals surface area contributed by atoms with Crippen molar-refractivity contribution in [3.05, 3.63) is 11.8 Å². The molecule has 1 aromatic heterocycles. The summed E-state index contributed by atoms with van der Waals surface area (Å²) in [4.78, 5) is 22.9. The molecule has 6 heteroatoms. The van der Waals surface area contributed by atoms with Gasteiger partial charge in [0.05, 0.1) is 12.8 Å². The van der Waals surface area contributed by atoms with E-state index in [1.54, 1.807) is 20.8 Å². The summed E-state index contributed by atoms with van der Waals surface area (Å²) in [6.07, 6.45) is 1.33. The maximum absolute atomic E-state index is 11.4. The number of hydrogen-bond donors (Lipinski definition) is 2. The summed E-state index contributed by atoms with van der Waals surface area (Å²) in [7, 11) is 0. The van der Waals surface area contributed by atoms with E-state index in [2.05, 4.69) is 15.5 Å². The van der Waals surface area contributed by atoms with E-state index in [9.17, 15) is 9.59 Å². The molecule has 0 aliphatic carbocycles. The van der Waals surface area contributed by atoms with Gasteiger partial charge in [0.25, 0.3) is 0 Å². The molecule has 88 valence electrons. The number of aromatic nitrogens is 2. The molecule has 0 fully saturated rings. The molecule has 0 atom stereocenters. The molecule has 0 radical (unpaired) electrons. The molecule has 0 unspecified atom stereocenters. The van der Waals surface area contributed by atoms with Crippen LogP contribution in [0, 0.1) is 5.92 Å². The number of ether oxygens (including phenoxy) is 1. The molecule has 0 aliphatic heterocycles. The van der Waals surface area contributed by atoms with Crippen LogP contribution in [0.5, 0.6) is 0 Å². The largest absolute Gasteiger partial charge is 0.462 e. The molecule has 16 heavy (non-hydrogen) atoms. The van der Waals surface area contributed by atoms with Gasteiger partial charge in [-0.15, -0.1) is 0 Å². The molecule has 6 nitrogen and oxygen atoms in total. The fraction of sp³-hybridized carbons (Fsp3) is 0.500. The molecule has 0 saturated heterocycles. The lowest BCUT2D eigenvalue weighted by Gasteiger charge is -2.07. The second kappa shape index (κ2) is 5.29. The lowest BCUT2D eigenvalue weighted by molar-refractivity contribution is -0.118. The predicted molar refractivity (Wildman–Crippen MR) is 58.0 cm³/mol. The quantitative estimate of drug-likeness (QED) is 0.753. The summed E-state index contributed by atoms with van der Waals surface area (Å²) in [6, 6.07) is 0. The Morgan fingerprint density at radius 2 is 2.25 bits per heavy atom. The number of hydrogen-bond acceptors (Lipinski definition) is 4. The van der Waals surface area contributed by atoms with Crippen molar-refractivity contribution < 1.29 is 14.3 Å². The number of nitrogens with one attached hydrogen (secondary N) is 2. The second-order valence-electron chi connectivity index (χ2n) is 3.52. The van der Waals surface area contributed by atoms with E-state index in [4.69, 9.17) is 4.74 Å². The average molecular weight is 225 g/mol. The van der Waals surface area contributed by atoms with E-state index >= 15 is 0 Å². The van der Waals surface area contributed by atoms with Gasteiger partial charge in [-0.25, -0.2) is 4.79 Å². The van der Waals surface area contributed by atoms with Gasteiger partial charge in [-0.05, 0) is 6.92 Å². The molecular formula is C10H15N3O3. The van der Waals surface area contributed by atoms with Crippen molar-refractivity contribution in [2.24, 2.45) is 5.92 Å². The minimum atomic E-state index is -0.504. The second-order valence-corrected chi connectivity index (χ2v) is 3.52. The smallest absolute Gasteiger partial charge is 0.343 e. The number of nitrogens with zero attached hydrogens (tertiary/aromatic N) is 1. The Kier molecular flexibility index (Phi) is 4.04. The van der Waals surface area contributed by atoms with E-state index in [0.29, 0.717) is 0 Å². The standard InChI is InChI=1S/C10H15N3O3/c1-4-16-10(15)7-5-11-13-8(7)12-9(14)6(2)3/h5-6H,4H2,1-3H3,(H2,11,12,13,14). The number of amides is 1. The van der Waals surface area contributed by atoms with E-state index in [1.807, 2.05) is 0 Å². The van der Waals surface area contributed by atoms with Crippen LogP contribution < -0.4 is 5.32 Å². The molecule has 1 heterocycles. The van der Waals surface area contributed by atoms with Gasteiger partial charge in [0.15, 0.2) is 0 Å². The first-order valence-electron chi connectivity index (χ1n) is 5.07. The van der Waals surface area contributed by atoms with Crippen LogP contribution in [0.25, 0.3) is 0 Å². The van der Waals surface area contributed by atoms with Crippen LogP contribution >= 0.6 is 0 Å². The lowest BCUT2D eigenvalue weighted by Crippen LogP contribution is -2.20. The summed E-state index contributed by atoms with van der Waals surface area (Å²) in [5, 5.41) is 8.82. The average Bonchev–Trinajstić information content (AvgIpc) is 2.66. The van der Waals surface area contributed by atoms with Gasteiger partial charge in [-0.3, -0.25) is 9.89 Å². The highest BCUT2D eigenvalue weighted by Crippen LogP contribution is 2.13. The normalized spacial score (nSPS) is 10.2. The van der Waals surface area contributed by atoms with Crippen LogP contribution in [0.3, 0.4) is 0 Å². The zero-order chi connectivity index (χ0) is 12.1. The first-order chi connectivity index (χ1) is 7.56. The Morgan fingerprint density at radius 1 is 1.56 bits per heavy atom. The Bertz CT molecular complexity index is 384. The van der Waals surface area contributed by atoms with Gasteiger partial charge in [-0.1, -0.05) is 13.8 Å². The lowest BCUT2D eigenvalue weighted by atomic mass is 10.2. The van der Waals surface area contributed by atoms with Crippen molar-refractivity contribution in [2.75, 3.05) is 11.9 Å². The highest BCUT2D eigenvalue weighted by atomic mass is 16.5. The van der Waals surface area contributed by atoms with Crippen LogP contribution in [0.1, 0.15) is 31.1 Å². The highest BCUT2D eigenvalue weighted by molar-refractivity contribution is 6.00. The Labute approximate surface area is 93.4 Å². The predicted octanol–water partition coefficient (Wildman–Crippen LogP) is 1.18. The molecule has 0 spiro atoms. The molecule has 1 aromatic rings. The molecule has 0 saturated carbocycles. The Morgan fingerprint density at radius 3 is 2.81 bits per heavy atom. The van der Waals surface area contributed by atoms with Crippen molar-refractivity contribution in [3.63, 3.8) is 0 Å². The van der Waals surface area contributed by atoms with Gasteiger partial charge < -0.3 is 10.1 Å². The number of esters is 1. The van der Waals surface area contributed by atoms with Crippen molar-refractivity contribution in [1.29, 1.82) is 0 Å². The summed E-state index contributed by atoms with van der Waals surface area (Å²) in [6.45, 7) is 5.51. The third-order valence-corrected chi connectivity index (χ3v) is 1.91. The fourth-order valence-electron chi connectivity index (χ4n) is 1.01. The third-order valence-electron chi connectivity index (χ3n) is 1.91. The Balaban J connectivity index is 2.78. The molecule has 1 amide bonds. The van der Waals surface area contributed by atoms with E-state index in [0.717, 1.165) is 0 Å². The molecule has 2 N–H and O–H groups in total. The van der Waals surface area contributed by atoms with E-state index < -0.39 is 5.97 Å². The van der Waals surface area contributed by atoms with Gasteiger partial charge >= 0.3 is 5.97 Å². The zero-order valence-electron chi connectivity index (χ0n) is 9.53. The van der Waals surface area contributed by atoms with Crippen LogP contribution in [-0.2, 0) is 9.53 Å². The van der Waals surface area contributed by atoms with E-state index in [1.165, 1.54) is 6.20 Å². The summed E-state index contributed by atoms with van der Waals surface area (Å²) < 4.78 is 4.82. The number of carbonyl (C=O) groups excluding carboxylic acids is 2. The number of aromatic amines is 1. The minimum absolute atomic E-state index is 0.168. The van der Waals surface area contributed by atoms with E-state index in [-0.39, 0.29) is 29.8 Å². The van der Waals surface area contributed by atoms with Crippen molar-refractivity contribution in [3.8, 4) is 0 Å². The molecule has 0 aromatic carbocycles. The highest BCUT2D eigenvalue weighted by Gasteiger charge is 2.17. The van der Waals surface area contributed by atoms with Gasteiger partial charge in [0.1, 0.15) is 11.4 Å². The number of H-pyrrole nitrogens is 1. The van der Waals surface area contributed by atoms with Gasteiger partial charge in [-0.2, -0.15) is 5.10 Å². The fourth-order valence-corrected chi connectivity index (χ4v) is 1.01. The SMILES string of the molecule is CCOC(=O)c1cn[nH]c1NC(=O)C(C)C. The summed E-state index contributed by atoms with van der Waals surface area (Å²) >= 11 is 0. The van der Waals surface area contributed by atoms with Crippen molar-refractivity contribution in [2.45, 2.75) is 20.8 Å². The number of anilines is 1. The van der Waals surface area contributed by atoms with Crippen LogP contribution in [-0.4, -0.2) is 28.7 Å². The zero-order valence-corrected chi connectivity index (χ0v) is 9.53. The Hall–Kier alpha value is -1.85. The van der Waals surface area contributed by atoms with Crippen molar-refractivity contribution >= 4 is 17.7 Å². The van der Waals surface area contributed by atoms with Crippen LogP contribution in [0.2, 0.25) is 0 Å². The van der Waals surface area contributed by atoms with Crippen LogP contribution in [0.4, 0.5) is 5.82 Å². The first kappa shape index (κ1) is 12.2. The molecular weight excluding hydrogens is 210 g/mol. The summed E-state index contributed by atoms with van der Waals surface area (Å²) in [5.41, 5.74) is 0.232. The van der Waals surface area contributed by atoms with Crippen molar-refractivity contribution in [1.82, 2.24) is 10.2 Å². The third kappa shape index (κ3) is 2.82. The minimum Gasteiger partial charge on any atom is -0.462 e. The number of carbonyl (C=O) groups is 2. The monoisotopic (exact) mass is 225 g/mol. The molecule has 1 rings (SSSR count). The molecule has 0 bridgehead atoms. The summed E-state index contributed by atoms with van der Waals surface area (Å²) in [5.74, 6) is -0.583. The van der Waals surface area contributed by atoms with Gasteiger partial charge in [0, 0.05) is 5.92 Å².